The first-order valence-corrected chi connectivity index (χ1v) is 8.42. The fourth-order valence-electron chi connectivity index (χ4n) is 2.77. The van der Waals surface area contributed by atoms with Crippen molar-refractivity contribution in [3.8, 4) is 0 Å². The van der Waals surface area contributed by atoms with Crippen molar-refractivity contribution in [3.05, 3.63) is 84.1 Å². The molecule has 0 spiro atoms. The Hall–Kier alpha value is -2.10. The highest BCUT2D eigenvalue weighted by atomic mass is 16.5. The van der Waals surface area contributed by atoms with Gasteiger partial charge >= 0.3 is 0 Å². The summed E-state index contributed by atoms with van der Waals surface area (Å²) in [5, 5.41) is 0. The smallest absolute Gasteiger partial charge is 0.126 e. The van der Waals surface area contributed by atoms with E-state index in [0.717, 1.165) is 0 Å². The number of ether oxygens (including phenoxy) is 3. The van der Waals surface area contributed by atoms with E-state index >= 15 is 0 Å². The summed E-state index contributed by atoms with van der Waals surface area (Å²) in [5.74, 6) is 0.245. The summed E-state index contributed by atoms with van der Waals surface area (Å²) in [5.41, 5.74) is 2.36. The summed E-state index contributed by atoms with van der Waals surface area (Å²) in [6.45, 7) is 3.92. The van der Waals surface area contributed by atoms with Gasteiger partial charge in [-0.25, -0.2) is 0 Å². The highest BCUT2D eigenvalue weighted by molar-refractivity contribution is 5.14. The van der Waals surface area contributed by atoms with Crippen molar-refractivity contribution in [2.75, 3.05) is 6.61 Å². The minimum absolute atomic E-state index is 0.0134. The van der Waals surface area contributed by atoms with Crippen molar-refractivity contribution < 1.29 is 14.2 Å². The van der Waals surface area contributed by atoms with Gasteiger partial charge in [0.25, 0.3) is 0 Å². The monoisotopic (exact) mass is 324 g/mol. The molecule has 126 valence electrons. The molecule has 3 nitrogen and oxygen atoms in total. The molecule has 0 bridgehead atoms. The van der Waals surface area contributed by atoms with E-state index in [1.54, 1.807) is 6.26 Å². The quantitative estimate of drug-likeness (QED) is 0.758. The van der Waals surface area contributed by atoms with Crippen molar-refractivity contribution in [1.82, 2.24) is 0 Å². The molecule has 0 amide bonds. The summed E-state index contributed by atoms with van der Waals surface area (Å²) in [6.07, 6.45) is 3.79. The number of benzene rings is 2. The van der Waals surface area contributed by atoms with Crippen LogP contribution in [0.2, 0.25) is 0 Å². The molecule has 0 saturated heterocycles. The SMILES string of the molecule is C[C@@H]1[C@H](OCc2ccccc2)C=CO[C@@H]1COCc1ccccc1. The Morgan fingerprint density at radius 3 is 2.17 bits per heavy atom. The highest BCUT2D eigenvalue weighted by Crippen LogP contribution is 2.23. The van der Waals surface area contributed by atoms with Crippen LogP contribution in [0.25, 0.3) is 0 Å². The van der Waals surface area contributed by atoms with Gasteiger partial charge in [-0.15, -0.1) is 0 Å². The van der Waals surface area contributed by atoms with E-state index in [9.17, 15) is 0 Å². The summed E-state index contributed by atoms with van der Waals surface area (Å²) >= 11 is 0. The molecule has 3 heteroatoms. The molecule has 1 aliphatic heterocycles. The molecular weight excluding hydrogens is 300 g/mol. The van der Waals surface area contributed by atoms with Crippen molar-refractivity contribution in [2.24, 2.45) is 5.92 Å². The first kappa shape index (κ1) is 16.7. The molecule has 2 aromatic carbocycles. The lowest BCUT2D eigenvalue weighted by molar-refractivity contribution is -0.0694. The maximum Gasteiger partial charge on any atom is 0.126 e. The van der Waals surface area contributed by atoms with Crippen molar-refractivity contribution in [2.45, 2.75) is 32.3 Å². The molecule has 0 unspecified atom stereocenters. The van der Waals surface area contributed by atoms with E-state index in [1.165, 1.54) is 11.1 Å². The Morgan fingerprint density at radius 2 is 1.50 bits per heavy atom. The van der Waals surface area contributed by atoms with Crippen molar-refractivity contribution in [3.63, 3.8) is 0 Å². The fraction of sp³-hybridized carbons (Fsp3) is 0.333. The van der Waals surface area contributed by atoms with Crippen LogP contribution in [-0.4, -0.2) is 18.8 Å². The second kappa shape index (κ2) is 8.67. The molecule has 0 fully saturated rings. The van der Waals surface area contributed by atoms with Gasteiger partial charge in [-0.2, -0.15) is 0 Å². The second-order valence-corrected chi connectivity index (χ2v) is 6.12. The van der Waals surface area contributed by atoms with E-state index in [-0.39, 0.29) is 18.1 Å². The van der Waals surface area contributed by atoms with Crippen LogP contribution in [0.4, 0.5) is 0 Å². The first-order chi connectivity index (χ1) is 11.8. The maximum atomic E-state index is 6.05. The summed E-state index contributed by atoms with van der Waals surface area (Å²) < 4.78 is 17.6. The third-order valence-electron chi connectivity index (χ3n) is 4.31. The zero-order chi connectivity index (χ0) is 16.6. The van der Waals surface area contributed by atoms with Gasteiger partial charge in [0.15, 0.2) is 0 Å². The van der Waals surface area contributed by atoms with Crippen LogP contribution in [0.3, 0.4) is 0 Å². The van der Waals surface area contributed by atoms with Gasteiger partial charge in [0.05, 0.1) is 32.2 Å². The van der Waals surface area contributed by atoms with Gasteiger partial charge in [-0.3, -0.25) is 0 Å². The summed E-state index contributed by atoms with van der Waals surface area (Å²) in [4.78, 5) is 0. The van der Waals surface area contributed by atoms with E-state index in [4.69, 9.17) is 14.2 Å². The lowest BCUT2D eigenvalue weighted by atomic mass is 9.96. The average molecular weight is 324 g/mol. The van der Waals surface area contributed by atoms with Crippen molar-refractivity contribution >= 4 is 0 Å². The van der Waals surface area contributed by atoms with Crippen LogP contribution in [-0.2, 0) is 27.4 Å². The second-order valence-electron chi connectivity index (χ2n) is 6.12. The molecule has 1 aliphatic rings. The van der Waals surface area contributed by atoms with Crippen LogP contribution in [0.15, 0.2) is 73.0 Å². The zero-order valence-electron chi connectivity index (χ0n) is 14.0. The highest BCUT2D eigenvalue weighted by Gasteiger charge is 2.29. The summed E-state index contributed by atoms with van der Waals surface area (Å²) in [6, 6.07) is 20.4. The van der Waals surface area contributed by atoms with Crippen LogP contribution < -0.4 is 0 Å². The summed E-state index contributed by atoms with van der Waals surface area (Å²) in [7, 11) is 0. The largest absolute Gasteiger partial charge is 0.495 e. The lowest BCUT2D eigenvalue weighted by Crippen LogP contribution is -2.37. The first-order valence-electron chi connectivity index (χ1n) is 8.42. The van der Waals surface area contributed by atoms with Gasteiger partial charge in [-0.05, 0) is 17.2 Å². The van der Waals surface area contributed by atoms with E-state index in [1.807, 2.05) is 42.5 Å². The standard InChI is InChI=1S/C21H24O3/c1-17-20(24-15-19-10-6-3-7-11-19)12-13-23-21(17)16-22-14-18-8-4-2-5-9-18/h2-13,17,20-21H,14-16H2,1H3/t17-,20-,21-/m1/s1. The number of hydrogen-bond donors (Lipinski definition) is 0. The molecule has 1 heterocycles. The Bertz CT molecular complexity index is 624. The zero-order valence-corrected chi connectivity index (χ0v) is 14.0. The van der Waals surface area contributed by atoms with Crippen molar-refractivity contribution in [1.29, 1.82) is 0 Å². The minimum atomic E-state index is 0.0134. The molecule has 0 N–H and O–H groups in total. The van der Waals surface area contributed by atoms with Gasteiger partial charge in [0, 0.05) is 5.92 Å². The minimum Gasteiger partial charge on any atom is -0.495 e. The Labute approximate surface area is 143 Å². The van der Waals surface area contributed by atoms with E-state index in [2.05, 4.69) is 31.2 Å². The number of rotatable bonds is 7. The van der Waals surface area contributed by atoms with Gasteiger partial charge in [0.1, 0.15) is 6.10 Å². The van der Waals surface area contributed by atoms with Crippen LogP contribution >= 0.6 is 0 Å². The average Bonchev–Trinajstić information content (AvgIpc) is 2.64. The van der Waals surface area contributed by atoms with E-state index < -0.39 is 0 Å². The van der Waals surface area contributed by atoms with Crippen LogP contribution in [0.1, 0.15) is 18.1 Å². The molecule has 0 radical (unpaired) electrons. The molecule has 2 aromatic rings. The topological polar surface area (TPSA) is 27.7 Å². The third-order valence-corrected chi connectivity index (χ3v) is 4.31. The van der Waals surface area contributed by atoms with Crippen LogP contribution in [0, 0.1) is 5.92 Å². The van der Waals surface area contributed by atoms with Gasteiger partial charge < -0.3 is 14.2 Å². The van der Waals surface area contributed by atoms with Gasteiger partial charge in [0.2, 0.25) is 0 Å². The predicted octanol–water partition coefficient (Wildman–Crippen LogP) is 4.34. The predicted molar refractivity (Wildman–Crippen MR) is 94.3 cm³/mol. The molecule has 24 heavy (non-hydrogen) atoms. The Balaban J connectivity index is 1.46. The lowest BCUT2D eigenvalue weighted by Gasteiger charge is -2.32. The molecule has 0 saturated carbocycles. The maximum absolute atomic E-state index is 6.05. The van der Waals surface area contributed by atoms with E-state index in [0.29, 0.717) is 19.8 Å². The number of hydrogen-bond acceptors (Lipinski definition) is 3. The molecule has 3 atom stereocenters. The fourth-order valence-corrected chi connectivity index (χ4v) is 2.77. The molecule has 0 aromatic heterocycles. The normalized spacial score (nSPS) is 23.0. The molecule has 0 aliphatic carbocycles. The molecule has 3 rings (SSSR count). The molecular formula is C21H24O3. The third kappa shape index (κ3) is 4.70. The Kier molecular flexibility index (Phi) is 6.05. The van der Waals surface area contributed by atoms with Crippen LogP contribution in [0.5, 0.6) is 0 Å². The Morgan fingerprint density at radius 1 is 0.875 bits per heavy atom. The van der Waals surface area contributed by atoms with Gasteiger partial charge in [-0.1, -0.05) is 67.6 Å².